The number of benzene rings is 2. The van der Waals surface area contributed by atoms with E-state index in [4.69, 9.17) is 9.47 Å². The third kappa shape index (κ3) is 5.42. The van der Waals surface area contributed by atoms with Crippen molar-refractivity contribution >= 4 is 11.8 Å². The molecule has 0 radical (unpaired) electrons. The molecule has 0 aliphatic rings. The number of para-hydroxylation sites is 1. The van der Waals surface area contributed by atoms with Gasteiger partial charge in [-0.05, 0) is 44.5 Å². The zero-order valence-electron chi connectivity index (χ0n) is 20.7. The molecule has 1 N–H and O–H groups in total. The van der Waals surface area contributed by atoms with Crippen LogP contribution in [0, 0.1) is 13.8 Å². The average molecular weight is 464 g/mol. The predicted molar refractivity (Wildman–Crippen MR) is 133 cm³/mol. The smallest absolute Gasteiger partial charge is 0.259 e. The maximum Gasteiger partial charge on any atom is 0.259 e. The third-order valence-corrected chi connectivity index (χ3v) is 5.85. The second-order valence-electron chi connectivity index (χ2n) is 8.37. The Kier molecular flexibility index (Phi) is 7.99. The summed E-state index contributed by atoms with van der Waals surface area (Å²) in [5, 5.41) is 3.15. The van der Waals surface area contributed by atoms with Crippen LogP contribution >= 0.6 is 0 Å². The molecule has 34 heavy (non-hydrogen) atoms. The van der Waals surface area contributed by atoms with Crippen molar-refractivity contribution in [2.45, 2.75) is 33.2 Å². The van der Waals surface area contributed by atoms with E-state index in [0.29, 0.717) is 17.7 Å². The molecule has 7 heteroatoms. The van der Waals surface area contributed by atoms with E-state index in [-0.39, 0.29) is 24.5 Å². The Morgan fingerprint density at radius 2 is 1.79 bits per heavy atom. The second kappa shape index (κ2) is 10.9. The Morgan fingerprint density at radius 1 is 1.06 bits per heavy atom. The van der Waals surface area contributed by atoms with E-state index >= 15 is 0 Å². The van der Waals surface area contributed by atoms with Crippen molar-refractivity contribution < 1.29 is 19.1 Å². The van der Waals surface area contributed by atoms with Crippen LogP contribution in [0.15, 0.2) is 54.6 Å². The number of carbonyl (C=O) groups excluding carboxylic acids is 2. The van der Waals surface area contributed by atoms with Gasteiger partial charge in [0.15, 0.2) is 6.61 Å². The molecule has 0 aliphatic heterocycles. The topological polar surface area (TPSA) is 72.8 Å². The van der Waals surface area contributed by atoms with Crippen molar-refractivity contribution in [3.63, 3.8) is 0 Å². The van der Waals surface area contributed by atoms with E-state index in [1.165, 1.54) is 4.90 Å². The van der Waals surface area contributed by atoms with Crippen LogP contribution in [-0.4, -0.2) is 49.1 Å². The van der Waals surface area contributed by atoms with Crippen LogP contribution in [-0.2, 0) is 4.79 Å². The number of nitrogens with one attached hydrogen (secondary N) is 1. The van der Waals surface area contributed by atoms with Crippen molar-refractivity contribution in [1.29, 1.82) is 0 Å². The lowest BCUT2D eigenvalue weighted by Gasteiger charge is -2.21. The Balaban J connectivity index is 1.85. The lowest BCUT2D eigenvalue weighted by Crippen LogP contribution is -2.30. The third-order valence-electron chi connectivity index (χ3n) is 5.85. The minimum absolute atomic E-state index is 0.0594. The van der Waals surface area contributed by atoms with Crippen molar-refractivity contribution in [3.8, 4) is 17.2 Å². The van der Waals surface area contributed by atoms with Crippen molar-refractivity contribution in [3.05, 3.63) is 77.1 Å². The SMILES string of the molecule is CCC(NC(=O)c1cc(C)n(-c2cccc(OC)c2)c1C)c1ccccc1OCC(=O)N(C)C. The number of methoxy groups -OCH3 is 1. The fourth-order valence-electron chi connectivity index (χ4n) is 3.94. The maximum atomic E-state index is 13.3. The summed E-state index contributed by atoms with van der Waals surface area (Å²) in [4.78, 5) is 26.8. The summed E-state index contributed by atoms with van der Waals surface area (Å²) in [6.45, 7) is 5.86. The summed E-state index contributed by atoms with van der Waals surface area (Å²) < 4.78 is 13.2. The number of carbonyl (C=O) groups is 2. The zero-order chi connectivity index (χ0) is 24.8. The minimum Gasteiger partial charge on any atom is -0.497 e. The minimum atomic E-state index is -0.266. The summed E-state index contributed by atoms with van der Waals surface area (Å²) in [6, 6.07) is 16.9. The molecule has 1 atom stereocenters. The number of aromatic nitrogens is 1. The van der Waals surface area contributed by atoms with Gasteiger partial charge in [-0.1, -0.05) is 31.2 Å². The Bertz CT molecular complexity index is 1170. The molecule has 7 nitrogen and oxygen atoms in total. The standard InChI is InChI=1S/C27H33N3O4/c1-7-24(22-13-8-9-14-25(22)34-17-26(31)29(4)5)28-27(32)23-15-18(2)30(19(23)3)20-11-10-12-21(16-20)33-6/h8-16,24H,7,17H2,1-6H3,(H,28,32). The van der Waals surface area contributed by atoms with E-state index < -0.39 is 0 Å². The van der Waals surface area contributed by atoms with Gasteiger partial charge in [0.1, 0.15) is 11.5 Å². The normalized spacial score (nSPS) is 11.6. The molecule has 2 aromatic carbocycles. The average Bonchev–Trinajstić information content (AvgIpc) is 3.14. The van der Waals surface area contributed by atoms with E-state index in [1.807, 2.05) is 79.9 Å². The largest absolute Gasteiger partial charge is 0.497 e. The monoisotopic (exact) mass is 463 g/mol. The van der Waals surface area contributed by atoms with Gasteiger partial charge < -0.3 is 24.3 Å². The van der Waals surface area contributed by atoms with Gasteiger partial charge in [-0.15, -0.1) is 0 Å². The zero-order valence-corrected chi connectivity index (χ0v) is 20.7. The predicted octanol–water partition coefficient (Wildman–Crippen LogP) is 4.45. The number of aryl methyl sites for hydroxylation is 1. The van der Waals surface area contributed by atoms with Crippen LogP contribution in [0.2, 0.25) is 0 Å². The number of likely N-dealkylation sites (N-methyl/N-ethyl adjacent to an activating group) is 1. The number of rotatable bonds is 9. The quantitative estimate of drug-likeness (QED) is 0.509. The number of hydrogen-bond acceptors (Lipinski definition) is 4. The van der Waals surface area contributed by atoms with Gasteiger partial charge in [0.25, 0.3) is 11.8 Å². The molecule has 3 aromatic rings. The molecule has 1 unspecified atom stereocenters. The molecule has 180 valence electrons. The van der Waals surface area contributed by atoms with Crippen LogP contribution in [0.4, 0.5) is 0 Å². The molecule has 0 aliphatic carbocycles. The van der Waals surface area contributed by atoms with E-state index in [1.54, 1.807) is 21.2 Å². The summed E-state index contributed by atoms with van der Waals surface area (Å²) in [5.41, 5.74) is 4.19. The van der Waals surface area contributed by atoms with Crippen LogP contribution in [0.1, 0.15) is 46.7 Å². The van der Waals surface area contributed by atoms with Gasteiger partial charge in [0, 0.05) is 42.8 Å². The molecule has 1 heterocycles. The van der Waals surface area contributed by atoms with Crippen LogP contribution < -0.4 is 14.8 Å². The number of nitrogens with zero attached hydrogens (tertiary/aromatic N) is 2. The molecular weight excluding hydrogens is 430 g/mol. The lowest BCUT2D eigenvalue weighted by molar-refractivity contribution is -0.130. The first kappa shape index (κ1) is 24.9. The number of amides is 2. The van der Waals surface area contributed by atoms with E-state index in [9.17, 15) is 9.59 Å². The highest BCUT2D eigenvalue weighted by Crippen LogP contribution is 2.29. The van der Waals surface area contributed by atoms with Crippen LogP contribution in [0.25, 0.3) is 5.69 Å². The Morgan fingerprint density at radius 3 is 2.47 bits per heavy atom. The van der Waals surface area contributed by atoms with E-state index in [2.05, 4.69) is 5.32 Å². The van der Waals surface area contributed by atoms with Gasteiger partial charge in [0.2, 0.25) is 0 Å². The number of hydrogen-bond donors (Lipinski definition) is 1. The highest BCUT2D eigenvalue weighted by atomic mass is 16.5. The molecule has 0 saturated heterocycles. The van der Waals surface area contributed by atoms with Crippen LogP contribution in [0.3, 0.4) is 0 Å². The Hall–Kier alpha value is -3.74. The lowest BCUT2D eigenvalue weighted by atomic mass is 10.0. The summed E-state index contributed by atoms with van der Waals surface area (Å²) in [5.74, 6) is 1.06. The number of ether oxygens (including phenoxy) is 2. The highest BCUT2D eigenvalue weighted by Gasteiger charge is 2.22. The van der Waals surface area contributed by atoms with Gasteiger partial charge >= 0.3 is 0 Å². The molecule has 0 saturated carbocycles. The highest BCUT2D eigenvalue weighted by molar-refractivity contribution is 5.96. The Labute approximate surface area is 201 Å². The van der Waals surface area contributed by atoms with Gasteiger partial charge in [-0.2, -0.15) is 0 Å². The van der Waals surface area contributed by atoms with Gasteiger partial charge in [-0.25, -0.2) is 0 Å². The fourth-order valence-corrected chi connectivity index (χ4v) is 3.94. The fraction of sp³-hybridized carbons (Fsp3) is 0.333. The first-order chi connectivity index (χ1) is 16.3. The first-order valence-electron chi connectivity index (χ1n) is 11.3. The van der Waals surface area contributed by atoms with E-state index in [0.717, 1.165) is 28.4 Å². The van der Waals surface area contributed by atoms with Crippen molar-refractivity contribution in [2.24, 2.45) is 0 Å². The molecule has 2 amide bonds. The molecule has 3 rings (SSSR count). The first-order valence-corrected chi connectivity index (χ1v) is 11.3. The van der Waals surface area contributed by atoms with Crippen molar-refractivity contribution in [1.82, 2.24) is 14.8 Å². The summed E-state index contributed by atoms with van der Waals surface area (Å²) >= 11 is 0. The second-order valence-corrected chi connectivity index (χ2v) is 8.37. The summed E-state index contributed by atoms with van der Waals surface area (Å²) in [6.07, 6.45) is 0.669. The maximum absolute atomic E-state index is 13.3. The molecule has 0 fully saturated rings. The van der Waals surface area contributed by atoms with Gasteiger partial charge in [-0.3, -0.25) is 9.59 Å². The van der Waals surface area contributed by atoms with Gasteiger partial charge in [0.05, 0.1) is 18.7 Å². The van der Waals surface area contributed by atoms with Crippen molar-refractivity contribution in [2.75, 3.05) is 27.8 Å². The molecule has 0 spiro atoms. The molecular formula is C27H33N3O4. The molecule has 0 bridgehead atoms. The molecule has 1 aromatic heterocycles. The summed E-state index contributed by atoms with van der Waals surface area (Å²) in [7, 11) is 5.01. The van der Waals surface area contributed by atoms with Crippen LogP contribution in [0.5, 0.6) is 11.5 Å².